The number of halogens is 2. The SMILES string of the molecule is Cl.O=C(C1CCNCC1)N1CCCC1c1ccc(Cl)cc1. The standard InChI is InChI=1S/C16H21ClN2O.ClH/c17-14-5-3-12(4-6-14)15-2-1-11-19(15)16(20)13-7-9-18-10-8-13;/h3-6,13,15,18H,1-2,7-11H2;1H. The maximum Gasteiger partial charge on any atom is 0.226 e. The highest BCUT2D eigenvalue weighted by molar-refractivity contribution is 6.30. The predicted molar refractivity (Wildman–Crippen MR) is 88.0 cm³/mol. The molecule has 0 radical (unpaired) electrons. The molecule has 116 valence electrons. The molecule has 0 spiro atoms. The Morgan fingerprint density at radius 1 is 1.14 bits per heavy atom. The van der Waals surface area contributed by atoms with Crippen LogP contribution in [0.2, 0.25) is 5.02 Å². The Labute approximate surface area is 137 Å². The molecule has 1 amide bonds. The van der Waals surface area contributed by atoms with Gasteiger partial charge in [-0.05, 0) is 56.5 Å². The second kappa shape index (κ2) is 7.48. The van der Waals surface area contributed by atoms with E-state index in [1.54, 1.807) is 0 Å². The lowest BCUT2D eigenvalue weighted by molar-refractivity contribution is -0.137. The summed E-state index contributed by atoms with van der Waals surface area (Å²) in [6.07, 6.45) is 4.12. The fourth-order valence-corrected chi connectivity index (χ4v) is 3.49. The smallest absolute Gasteiger partial charge is 0.226 e. The molecule has 0 bridgehead atoms. The van der Waals surface area contributed by atoms with Gasteiger partial charge in [0.05, 0.1) is 6.04 Å². The van der Waals surface area contributed by atoms with Crippen molar-refractivity contribution in [3.8, 4) is 0 Å². The van der Waals surface area contributed by atoms with Gasteiger partial charge >= 0.3 is 0 Å². The van der Waals surface area contributed by atoms with Gasteiger partial charge in [-0.15, -0.1) is 12.4 Å². The number of hydrogen-bond acceptors (Lipinski definition) is 2. The molecular formula is C16H22Cl2N2O. The van der Waals surface area contributed by atoms with Crippen LogP contribution < -0.4 is 5.32 Å². The minimum atomic E-state index is 0. The molecule has 1 aromatic rings. The zero-order valence-electron chi connectivity index (χ0n) is 12.1. The number of amides is 1. The lowest BCUT2D eigenvalue weighted by Gasteiger charge is -2.31. The number of nitrogens with zero attached hydrogens (tertiary/aromatic N) is 1. The van der Waals surface area contributed by atoms with Gasteiger partial charge in [0.15, 0.2) is 0 Å². The lowest BCUT2D eigenvalue weighted by atomic mass is 9.95. The molecule has 21 heavy (non-hydrogen) atoms. The molecule has 2 fully saturated rings. The van der Waals surface area contributed by atoms with Crippen LogP contribution in [0.15, 0.2) is 24.3 Å². The van der Waals surface area contributed by atoms with E-state index in [0.29, 0.717) is 5.91 Å². The molecule has 0 aliphatic carbocycles. The quantitative estimate of drug-likeness (QED) is 0.902. The van der Waals surface area contributed by atoms with E-state index in [1.807, 2.05) is 12.1 Å². The van der Waals surface area contributed by atoms with E-state index < -0.39 is 0 Å². The van der Waals surface area contributed by atoms with Crippen LogP contribution in [0.5, 0.6) is 0 Å². The van der Waals surface area contributed by atoms with Crippen molar-refractivity contribution in [2.45, 2.75) is 31.7 Å². The summed E-state index contributed by atoms with van der Waals surface area (Å²) in [4.78, 5) is 14.8. The van der Waals surface area contributed by atoms with E-state index in [0.717, 1.165) is 50.3 Å². The Bertz CT molecular complexity index is 472. The average Bonchev–Trinajstić information content (AvgIpc) is 2.97. The molecule has 1 atom stereocenters. The Morgan fingerprint density at radius 2 is 1.81 bits per heavy atom. The molecule has 2 aliphatic heterocycles. The van der Waals surface area contributed by atoms with E-state index >= 15 is 0 Å². The first-order valence-corrected chi connectivity index (χ1v) is 7.90. The van der Waals surface area contributed by atoms with Crippen molar-refractivity contribution in [3.63, 3.8) is 0 Å². The fraction of sp³-hybridized carbons (Fsp3) is 0.562. The molecule has 5 heteroatoms. The van der Waals surface area contributed by atoms with Gasteiger partial charge in [-0.25, -0.2) is 0 Å². The van der Waals surface area contributed by atoms with Gasteiger partial charge in [0.2, 0.25) is 5.91 Å². The van der Waals surface area contributed by atoms with Gasteiger partial charge < -0.3 is 10.2 Å². The third-order valence-corrected chi connectivity index (χ3v) is 4.73. The number of likely N-dealkylation sites (tertiary alicyclic amines) is 1. The van der Waals surface area contributed by atoms with Gasteiger partial charge in [-0.3, -0.25) is 4.79 Å². The summed E-state index contributed by atoms with van der Waals surface area (Å²) in [5.41, 5.74) is 1.22. The Morgan fingerprint density at radius 3 is 2.48 bits per heavy atom. The molecule has 3 rings (SSSR count). The number of piperidine rings is 1. The first-order valence-electron chi connectivity index (χ1n) is 7.52. The number of benzene rings is 1. The van der Waals surface area contributed by atoms with Crippen molar-refractivity contribution in [3.05, 3.63) is 34.9 Å². The molecule has 1 N–H and O–H groups in total. The Kier molecular flexibility index (Phi) is 5.91. The van der Waals surface area contributed by atoms with Crippen LogP contribution in [0, 0.1) is 5.92 Å². The second-order valence-electron chi connectivity index (χ2n) is 5.77. The molecule has 1 unspecified atom stereocenters. The number of carbonyl (C=O) groups excluding carboxylic acids is 1. The van der Waals surface area contributed by atoms with Crippen molar-refractivity contribution in [1.29, 1.82) is 0 Å². The van der Waals surface area contributed by atoms with E-state index in [-0.39, 0.29) is 24.4 Å². The van der Waals surface area contributed by atoms with Crippen LogP contribution in [0.1, 0.15) is 37.3 Å². The zero-order valence-corrected chi connectivity index (χ0v) is 13.6. The largest absolute Gasteiger partial charge is 0.335 e. The maximum absolute atomic E-state index is 12.7. The number of carbonyl (C=O) groups is 1. The van der Waals surface area contributed by atoms with Gasteiger partial charge in [0.25, 0.3) is 0 Å². The topological polar surface area (TPSA) is 32.3 Å². The highest BCUT2D eigenvalue weighted by Gasteiger charge is 2.34. The molecule has 1 aromatic carbocycles. The minimum absolute atomic E-state index is 0. The second-order valence-corrected chi connectivity index (χ2v) is 6.20. The normalized spacial score (nSPS) is 22.9. The van der Waals surface area contributed by atoms with E-state index in [9.17, 15) is 4.79 Å². The zero-order chi connectivity index (χ0) is 13.9. The summed E-state index contributed by atoms with van der Waals surface area (Å²) in [6, 6.07) is 8.20. The summed E-state index contributed by atoms with van der Waals surface area (Å²) in [6.45, 7) is 2.84. The van der Waals surface area contributed by atoms with Gasteiger partial charge in [0, 0.05) is 17.5 Å². The number of rotatable bonds is 2. The van der Waals surface area contributed by atoms with E-state index in [1.165, 1.54) is 5.56 Å². The molecule has 2 aliphatic rings. The molecule has 2 heterocycles. The first kappa shape index (κ1) is 16.6. The third-order valence-electron chi connectivity index (χ3n) is 4.48. The van der Waals surface area contributed by atoms with Crippen molar-refractivity contribution >= 4 is 29.9 Å². The highest BCUT2D eigenvalue weighted by atomic mass is 35.5. The van der Waals surface area contributed by atoms with Crippen molar-refractivity contribution in [1.82, 2.24) is 10.2 Å². The summed E-state index contributed by atoms with van der Waals surface area (Å²) in [7, 11) is 0. The van der Waals surface area contributed by atoms with Crippen LogP contribution in [-0.4, -0.2) is 30.4 Å². The molecule has 0 aromatic heterocycles. The Balaban J connectivity index is 0.00000161. The van der Waals surface area contributed by atoms with Crippen molar-refractivity contribution in [2.75, 3.05) is 19.6 Å². The minimum Gasteiger partial charge on any atom is -0.335 e. The number of nitrogens with one attached hydrogen (secondary N) is 1. The highest BCUT2D eigenvalue weighted by Crippen LogP contribution is 2.34. The lowest BCUT2D eigenvalue weighted by Crippen LogP contribution is -2.40. The van der Waals surface area contributed by atoms with Crippen LogP contribution in [0.4, 0.5) is 0 Å². The van der Waals surface area contributed by atoms with Crippen LogP contribution >= 0.6 is 24.0 Å². The van der Waals surface area contributed by atoms with E-state index in [4.69, 9.17) is 11.6 Å². The van der Waals surface area contributed by atoms with Gasteiger partial charge in [-0.2, -0.15) is 0 Å². The monoisotopic (exact) mass is 328 g/mol. The number of hydrogen-bond donors (Lipinski definition) is 1. The van der Waals surface area contributed by atoms with Gasteiger partial charge in [0.1, 0.15) is 0 Å². The summed E-state index contributed by atoms with van der Waals surface area (Å²) in [5, 5.41) is 4.08. The summed E-state index contributed by atoms with van der Waals surface area (Å²) < 4.78 is 0. The first-order chi connectivity index (χ1) is 9.75. The van der Waals surface area contributed by atoms with Gasteiger partial charge in [-0.1, -0.05) is 23.7 Å². The molecule has 0 saturated carbocycles. The fourth-order valence-electron chi connectivity index (χ4n) is 3.37. The van der Waals surface area contributed by atoms with Crippen LogP contribution in [0.3, 0.4) is 0 Å². The summed E-state index contributed by atoms with van der Waals surface area (Å²) >= 11 is 5.95. The average molecular weight is 329 g/mol. The molecule has 2 saturated heterocycles. The predicted octanol–water partition coefficient (Wildman–Crippen LogP) is 3.42. The maximum atomic E-state index is 12.7. The summed E-state index contributed by atoms with van der Waals surface area (Å²) in [5.74, 6) is 0.563. The molecule has 3 nitrogen and oxygen atoms in total. The van der Waals surface area contributed by atoms with Crippen molar-refractivity contribution in [2.24, 2.45) is 5.92 Å². The molecular weight excluding hydrogens is 307 g/mol. The van der Waals surface area contributed by atoms with Crippen LogP contribution in [-0.2, 0) is 4.79 Å². The van der Waals surface area contributed by atoms with Crippen LogP contribution in [0.25, 0.3) is 0 Å². The third kappa shape index (κ3) is 3.71. The van der Waals surface area contributed by atoms with E-state index in [2.05, 4.69) is 22.3 Å². The Hall–Kier alpha value is -0.770. The van der Waals surface area contributed by atoms with Crippen molar-refractivity contribution < 1.29 is 4.79 Å².